The van der Waals surface area contributed by atoms with Gasteiger partial charge in [0.2, 0.25) is 5.91 Å². The summed E-state index contributed by atoms with van der Waals surface area (Å²) in [6, 6.07) is 8.43. The highest BCUT2D eigenvalue weighted by Crippen LogP contribution is 2.18. The Morgan fingerprint density at radius 1 is 1.40 bits per heavy atom. The molecule has 1 aromatic rings. The van der Waals surface area contributed by atoms with Crippen molar-refractivity contribution in [3.8, 4) is 0 Å². The first-order chi connectivity index (χ1) is 9.67. The summed E-state index contributed by atoms with van der Waals surface area (Å²) < 4.78 is 0. The number of benzene rings is 1. The smallest absolute Gasteiger partial charge is 0.221 e. The number of amides is 1. The van der Waals surface area contributed by atoms with Gasteiger partial charge in [-0.25, -0.2) is 0 Å². The normalized spacial score (nSPS) is 14.5. The van der Waals surface area contributed by atoms with Crippen molar-refractivity contribution in [3.05, 3.63) is 29.8 Å². The Morgan fingerprint density at radius 3 is 2.85 bits per heavy atom. The Bertz CT molecular complexity index is 443. The van der Waals surface area contributed by atoms with Gasteiger partial charge in [0.05, 0.1) is 0 Å². The number of nitrogens with one attached hydrogen (secondary N) is 1. The van der Waals surface area contributed by atoms with Crippen LogP contribution in [0.25, 0.3) is 0 Å². The molecule has 0 bridgehead atoms. The molecule has 0 spiro atoms. The zero-order valence-corrected chi connectivity index (χ0v) is 12.3. The third-order valence-electron chi connectivity index (χ3n) is 3.49. The van der Waals surface area contributed by atoms with Crippen molar-refractivity contribution in [3.63, 3.8) is 0 Å². The average Bonchev–Trinajstić information content (AvgIpc) is 3.20. The monoisotopic (exact) mass is 275 g/mol. The summed E-state index contributed by atoms with van der Waals surface area (Å²) in [6.45, 7) is 4.83. The number of anilines is 1. The van der Waals surface area contributed by atoms with E-state index in [0.717, 1.165) is 44.6 Å². The van der Waals surface area contributed by atoms with Gasteiger partial charge in [0.25, 0.3) is 0 Å². The van der Waals surface area contributed by atoms with Crippen molar-refractivity contribution in [2.45, 2.75) is 45.2 Å². The molecule has 4 heteroatoms. The van der Waals surface area contributed by atoms with Crippen molar-refractivity contribution >= 4 is 11.6 Å². The quantitative estimate of drug-likeness (QED) is 0.715. The highest BCUT2D eigenvalue weighted by Gasteiger charge is 2.23. The zero-order chi connectivity index (χ0) is 14.4. The Labute approximate surface area is 121 Å². The van der Waals surface area contributed by atoms with E-state index in [9.17, 15) is 4.79 Å². The molecule has 1 saturated carbocycles. The van der Waals surface area contributed by atoms with Gasteiger partial charge in [0.1, 0.15) is 0 Å². The lowest BCUT2D eigenvalue weighted by Crippen LogP contribution is -2.32. The van der Waals surface area contributed by atoms with Crippen LogP contribution in [0.5, 0.6) is 0 Å². The summed E-state index contributed by atoms with van der Waals surface area (Å²) in [4.78, 5) is 14.1. The van der Waals surface area contributed by atoms with Crippen molar-refractivity contribution in [1.82, 2.24) is 10.2 Å². The molecule has 0 heterocycles. The predicted octanol–water partition coefficient (Wildman–Crippen LogP) is 2.15. The van der Waals surface area contributed by atoms with Gasteiger partial charge in [0, 0.05) is 31.2 Å². The standard InChI is InChI=1S/C16H25N3O/c1-2-9-19(10-8-16(20)18-15-6-7-15)12-13-4-3-5-14(17)11-13/h3-5,11,15H,2,6-10,12,17H2,1H3,(H,18,20). The van der Waals surface area contributed by atoms with E-state index in [0.29, 0.717) is 12.5 Å². The SMILES string of the molecule is CCCN(CCC(=O)NC1CC1)Cc1cccc(N)c1. The van der Waals surface area contributed by atoms with Crippen LogP contribution in [-0.4, -0.2) is 29.9 Å². The summed E-state index contributed by atoms with van der Waals surface area (Å²) in [7, 11) is 0. The van der Waals surface area contributed by atoms with Crippen molar-refractivity contribution in [2.24, 2.45) is 0 Å². The Kier molecular flexibility index (Phi) is 5.41. The Morgan fingerprint density at radius 2 is 2.20 bits per heavy atom. The lowest BCUT2D eigenvalue weighted by molar-refractivity contribution is -0.121. The maximum atomic E-state index is 11.8. The third-order valence-corrected chi connectivity index (χ3v) is 3.49. The molecular formula is C16H25N3O. The first-order valence-electron chi connectivity index (χ1n) is 7.53. The molecule has 1 fully saturated rings. The molecule has 1 amide bonds. The molecular weight excluding hydrogens is 250 g/mol. The maximum Gasteiger partial charge on any atom is 0.221 e. The van der Waals surface area contributed by atoms with E-state index in [2.05, 4.69) is 23.2 Å². The highest BCUT2D eigenvalue weighted by molar-refractivity contribution is 5.76. The fraction of sp³-hybridized carbons (Fsp3) is 0.562. The van der Waals surface area contributed by atoms with Gasteiger partial charge >= 0.3 is 0 Å². The molecule has 4 nitrogen and oxygen atoms in total. The van der Waals surface area contributed by atoms with Gasteiger partial charge in [0.15, 0.2) is 0 Å². The van der Waals surface area contributed by atoms with Crippen LogP contribution in [-0.2, 0) is 11.3 Å². The van der Waals surface area contributed by atoms with Gasteiger partial charge in [-0.05, 0) is 43.5 Å². The van der Waals surface area contributed by atoms with Crippen LogP contribution in [0.4, 0.5) is 5.69 Å². The molecule has 20 heavy (non-hydrogen) atoms. The molecule has 1 aromatic carbocycles. The van der Waals surface area contributed by atoms with E-state index in [4.69, 9.17) is 5.73 Å². The minimum atomic E-state index is 0.182. The largest absolute Gasteiger partial charge is 0.399 e. The molecule has 0 radical (unpaired) electrons. The molecule has 0 atom stereocenters. The van der Waals surface area contributed by atoms with E-state index >= 15 is 0 Å². The van der Waals surface area contributed by atoms with Crippen LogP contribution >= 0.6 is 0 Å². The predicted molar refractivity (Wildman–Crippen MR) is 82.2 cm³/mol. The highest BCUT2D eigenvalue weighted by atomic mass is 16.1. The summed E-state index contributed by atoms with van der Waals surface area (Å²) in [5.74, 6) is 0.182. The van der Waals surface area contributed by atoms with Gasteiger partial charge in [-0.2, -0.15) is 0 Å². The van der Waals surface area contributed by atoms with Crippen LogP contribution in [0.2, 0.25) is 0 Å². The van der Waals surface area contributed by atoms with E-state index in [1.165, 1.54) is 5.56 Å². The van der Waals surface area contributed by atoms with Gasteiger partial charge < -0.3 is 11.1 Å². The van der Waals surface area contributed by atoms with Crippen LogP contribution < -0.4 is 11.1 Å². The Hall–Kier alpha value is -1.55. The number of carbonyl (C=O) groups excluding carboxylic acids is 1. The molecule has 0 saturated heterocycles. The topological polar surface area (TPSA) is 58.4 Å². The first kappa shape index (κ1) is 14.9. The number of nitrogens with two attached hydrogens (primary N) is 1. The fourth-order valence-electron chi connectivity index (χ4n) is 2.32. The van der Waals surface area contributed by atoms with Gasteiger partial charge in [-0.15, -0.1) is 0 Å². The number of rotatable bonds is 8. The van der Waals surface area contributed by atoms with Crippen LogP contribution in [0, 0.1) is 0 Å². The molecule has 2 rings (SSSR count). The number of hydrogen-bond donors (Lipinski definition) is 2. The van der Waals surface area contributed by atoms with Gasteiger partial charge in [-0.1, -0.05) is 19.1 Å². The lowest BCUT2D eigenvalue weighted by atomic mass is 10.2. The van der Waals surface area contributed by atoms with E-state index in [-0.39, 0.29) is 5.91 Å². The van der Waals surface area contributed by atoms with E-state index in [1.54, 1.807) is 0 Å². The molecule has 110 valence electrons. The minimum absolute atomic E-state index is 0.182. The Balaban J connectivity index is 1.81. The molecule has 0 aliphatic heterocycles. The summed E-state index contributed by atoms with van der Waals surface area (Å²) in [6.07, 6.45) is 3.97. The third kappa shape index (κ3) is 5.21. The fourth-order valence-corrected chi connectivity index (χ4v) is 2.32. The van der Waals surface area contributed by atoms with E-state index in [1.807, 2.05) is 18.2 Å². The van der Waals surface area contributed by atoms with Crippen molar-refractivity contribution < 1.29 is 4.79 Å². The maximum absolute atomic E-state index is 11.8. The molecule has 0 unspecified atom stereocenters. The molecule has 3 N–H and O–H groups in total. The summed E-state index contributed by atoms with van der Waals surface area (Å²) in [5, 5.41) is 3.04. The van der Waals surface area contributed by atoms with Gasteiger partial charge in [-0.3, -0.25) is 9.69 Å². The number of nitrogens with zero attached hydrogens (tertiary/aromatic N) is 1. The average molecular weight is 275 g/mol. The van der Waals surface area contributed by atoms with Crippen LogP contribution in [0.1, 0.15) is 38.2 Å². The second-order valence-corrected chi connectivity index (χ2v) is 5.61. The lowest BCUT2D eigenvalue weighted by Gasteiger charge is -2.21. The molecule has 0 aromatic heterocycles. The van der Waals surface area contributed by atoms with Crippen LogP contribution in [0.15, 0.2) is 24.3 Å². The second-order valence-electron chi connectivity index (χ2n) is 5.61. The zero-order valence-electron chi connectivity index (χ0n) is 12.3. The number of nitrogen functional groups attached to an aromatic ring is 1. The van der Waals surface area contributed by atoms with E-state index < -0.39 is 0 Å². The first-order valence-corrected chi connectivity index (χ1v) is 7.53. The van der Waals surface area contributed by atoms with Crippen molar-refractivity contribution in [2.75, 3.05) is 18.8 Å². The molecule has 1 aliphatic rings. The minimum Gasteiger partial charge on any atom is -0.399 e. The van der Waals surface area contributed by atoms with Crippen LogP contribution in [0.3, 0.4) is 0 Å². The number of carbonyl (C=O) groups is 1. The summed E-state index contributed by atoms with van der Waals surface area (Å²) >= 11 is 0. The number of hydrogen-bond acceptors (Lipinski definition) is 3. The van der Waals surface area contributed by atoms with Crippen molar-refractivity contribution in [1.29, 1.82) is 0 Å². The second kappa shape index (κ2) is 7.29. The summed E-state index contributed by atoms with van der Waals surface area (Å²) in [5.41, 5.74) is 7.82. The molecule has 1 aliphatic carbocycles.